The molecule has 0 heterocycles. The second kappa shape index (κ2) is 7.70. The van der Waals surface area contributed by atoms with Crippen LogP contribution in [0.15, 0.2) is 35.5 Å². The lowest BCUT2D eigenvalue weighted by Crippen LogP contribution is -2.46. The average Bonchev–Trinajstić information content (AvgIpc) is 3.03. The monoisotopic (exact) mass is 396 g/mol. The number of aliphatic hydroxyl groups excluding tert-OH is 1. The van der Waals surface area contributed by atoms with E-state index >= 15 is 0 Å². The molecule has 0 saturated heterocycles. The Bertz CT molecular complexity index is 712. The van der Waals surface area contributed by atoms with Crippen LogP contribution in [0.4, 0.5) is 0 Å². The van der Waals surface area contributed by atoms with Gasteiger partial charge in [0.1, 0.15) is 0 Å². The van der Waals surface area contributed by atoms with Crippen LogP contribution in [0.5, 0.6) is 0 Å². The van der Waals surface area contributed by atoms with E-state index in [0.29, 0.717) is 22.7 Å². The van der Waals surface area contributed by atoms with Crippen molar-refractivity contribution in [2.45, 2.75) is 92.6 Å². The molecule has 1 nitrogen and oxygen atoms in total. The summed E-state index contributed by atoms with van der Waals surface area (Å²) in [6, 6.07) is 0. The zero-order valence-electron chi connectivity index (χ0n) is 19.7. The van der Waals surface area contributed by atoms with Gasteiger partial charge in [-0.05, 0) is 91.3 Å². The molecule has 0 radical (unpaired) electrons. The topological polar surface area (TPSA) is 20.2 Å². The number of fused-ring (bicyclic) bond motifs is 5. The van der Waals surface area contributed by atoms with Crippen molar-refractivity contribution in [3.05, 3.63) is 35.5 Å². The zero-order chi connectivity index (χ0) is 21.0. The fraction of sp³-hybridized carbons (Fsp3) is 0.786. The maximum Gasteiger partial charge on any atom is 0.0578 e. The van der Waals surface area contributed by atoms with E-state index in [-0.39, 0.29) is 6.10 Å². The van der Waals surface area contributed by atoms with E-state index in [0.717, 1.165) is 36.5 Å². The van der Waals surface area contributed by atoms with Gasteiger partial charge in [-0.25, -0.2) is 0 Å². The third-order valence-corrected chi connectivity index (χ3v) is 10.0. The minimum atomic E-state index is -0.116. The van der Waals surface area contributed by atoms with Gasteiger partial charge < -0.3 is 5.11 Å². The Morgan fingerprint density at radius 1 is 0.931 bits per heavy atom. The smallest absolute Gasteiger partial charge is 0.0578 e. The Morgan fingerprint density at radius 3 is 2.41 bits per heavy atom. The quantitative estimate of drug-likeness (QED) is 0.493. The van der Waals surface area contributed by atoms with Crippen LogP contribution in [0, 0.1) is 46.3 Å². The van der Waals surface area contributed by atoms with Gasteiger partial charge in [0.05, 0.1) is 6.10 Å². The second-order valence-corrected chi connectivity index (χ2v) is 11.9. The van der Waals surface area contributed by atoms with Gasteiger partial charge in [-0.1, -0.05) is 77.0 Å². The normalized spacial score (nSPS) is 44.0. The summed E-state index contributed by atoms with van der Waals surface area (Å²) in [4.78, 5) is 0. The lowest BCUT2D eigenvalue weighted by molar-refractivity contribution is 0.0382. The van der Waals surface area contributed by atoms with E-state index in [1.54, 1.807) is 5.57 Å². The van der Waals surface area contributed by atoms with Crippen LogP contribution in [0.2, 0.25) is 0 Å². The molecule has 2 unspecified atom stereocenters. The van der Waals surface area contributed by atoms with Crippen LogP contribution in [0.25, 0.3) is 0 Å². The van der Waals surface area contributed by atoms with E-state index in [2.05, 4.69) is 65.8 Å². The molecule has 1 heteroatoms. The Labute approximate surface area is 179 Å². The van der Waals surface area contributed by atoms with Crippen molar-refractivity contribution in [3.8, 4) is 0 Å². The molecule has 4 rings (SSSR count). The van der Waals surface area contributed by atoms with E-state index in [9.17, 15) is 5.11 Å². The van der Waals surface area contributed by atoms with Gasteiger partial charge in [0.25, 0.3) is 0 Å². The fourth-order valence-electron chi connectivity index (χ4n) is 7.59. The van der Waals surface area contributed by atoms with Crippen LogP contribution in [-0.4, -0.2) is 11.2 Å². The molecule has 29 heavy (non-hydrogen) atoms. The summed E-state index contributed by atoms with van der Waals surface area (Å²) >= 11 is 0. The summed E-state index contributed by atoms with van der Waals surface area (Å²) in [5.74, 6) is 4.38. The van der Waals surface area contributed by atoms with Crippen molar-refractivity contribution >= 4 is 0 Å². The van der Waals surface area contributed by atoms with Crippen LogP contribution in [-0.2, 0) is 0 Å². The van der Waals surface area contributed by atoms with Gasteiger partial charge >= 0.3 is 0 Å². The number of hydrogen-bond donors (Lipinski definition) is 1. The predicted octanol–water partition coefficient (Wildman–Crippen LogP) is 7.33. The number of rotatable bonds is 4. The molecule has 162 valence electrons. The van der Waals surface area contributed by atoms with Crippen LogP contribution in [0.3, 0.4) is 0 Å². The van der Waals surface area contributed by atoms with Gasteiger partial charge in [0.2, 0.25) is 0 Å². The summed E-state index contributed by atoms with van der Waals surface area (Å²) in [6.07, 6.45) is 18.4. The number of aliphatic hydroxyl groups is 1. The highest BCUT2D eigenvalue weighted by Gasteiger charge is 2.56. The van der Waals surface area contributed by atoms with Gasteiger partial charge in [-0.15, -0.1) is 0 Å². The van der Waals surface area contributed by atoms with E-state index in [1.807, 2.05) is 0 Å². The Hall–Kier alpha value is -0.820. The molecule has 0 aromatic rings. The van der Waals surface area contributed by atoms with E-state index in [1.165, 1.54) is 37.7 Å². The standard InChI is InChI=1S/C28H44O/c1-18(2)19(3)7-8-20(4)24-11-12-25-23-10-9-21-17-22(29)13-15-27(21,5)26(23)14-16-28(24,25)6/h7-10,18-20,22,24-26,29H,11-17H2,1-6H3/b8-7+/t19?,20?,22-,24+,25-,26-,27-,28+/m0/s1. The SMILES string of the molecule is CC(C)C(C)/C=C/C(C)[C@H]1CC[C@H]2C3=CC=C4C[C@@H](O)CC[C@]4(C)[C@H]3CC[C@]12C. The van der Waals surface area contributed by atoms with E-state index < -0.39 is 0 Å². The summed E-state index contributed by atoms with van der Waals surface area (Å²) in [6.45, 7) is 14.6. The number of allylic oxidation sites excluding steroid dienone is 5. The summed E-state index contributed by atoms with van der Waals surface area (Å²) < 4.78 is 0. The van der Waals surface area contributed by atoms with Crippen molar-refractivity contribution in [1.29, 1.82) is 0 Å². The van der Waals surface area contributed by atoms with Gasteiger partial charge in [-0.3, -0.25) is 0 Å². The zero-order valence-corrected chi connectivity index (χ0v) is 19.7. The second-order valence-electron chi connectivity index (χ2n) is 11.9. The molecular formula is C28H44O. The molecule has 0 amide bonds. The first-order valence-electron chi connectivity index (χ1n) is 12.4. The summed E-state index contributed by atoms with van der Waals surface area (Å²) in [5.41, 5.74) is 4.07. The molecule has 4 aliphatic carbocycles. The Balaban J connectivity index is 1.57. The Kier molecular flexibility index (Phi) is 5.69. The lowest BCUT2D eigenvalue weighted by Gasteiger charge is -2.55. The molecule has 3 fully saturated rings. The molecule has 0 aromatic heterocycles. The molecular weight excluding hydrogens is 352 g/mol. The first kappa shape index (κ1) is 21.4. The third-order valence-electron chi connectivity index (χ3n) is 10.0. The first-order valence-corrected chi connectivity index (χ1v) is 12.4. The van der Waals surface area contributed by atoms with Crippen LogP contribution >= 0.6 is 0 Å². The summed E-state index contributed by atoms with van der Waals surface area (Å²) in [5, 5.41) is 10.2. The highest BCUT2D eigenvalue weighted by Crippen LogP contribution is 2.65. The molecule has 0 aliphatic heterocycles. The van der Waals surface area contributed by atoms with Gasteiger partial charge in [0.15, 0.2) is 0 Å². The van der Waals surface area contributed by atoms with Crippen molar-refractivity contribution in [2.75, 3.05) is 0 Å². The minimum Gasteiger partial charge on any atom is -0.393 e. The molecule has 8 atom stereocenters. The van der Waals surface area contributed by atoms with Gasteiger partial charge in [0, 0.05) is 0 Å². The first-order chi connectivity index (χ1) is 13.7. The number of hydrogen-bond acceptors (Lipinski definition) is 1. The van der Waals surface area contributed by atoms with Crippen LogP contribution in [0.1, 0.15) is 86.5 Å². The van der Waals surface area contributed by atoms with Gasteiger partial charge in [-0.2, -0.15) is 0 Å². The molecule has 0 spiro atoms. The largest absolute Gasteiger partial charge is 0.393 e. The molecule has 1 N–H and O–H groups in total. The van der Waals surface area contributed by atoms with Crippen molar-refractivity contribution in [2.24, 2.45) is 46.3 Å². The highest BCUT2D eigenvalue weighted by molar-refractivity contribution is 5.39. The average molecular weight is 397 g/mol. The Morgan fingerprint density at radius 2 is 1.69 bits per heavy atom. The maximum absolute atomic E-state index is 10.2. The van der Waals surface area contributed by atoms with Crippen molar-refractivity contribution < 1.29 is 5.11 Å². The molecule has 0 bridgehead atoms. The third kappa shape index (κ3) is 3.50. The van der Waals surface area contributed by atoms with Crippen molar-refractivity contribution in [1.82, 2.24) is 0 Å². The summed E-state index contributed by atoms with van der Waals surface area (Å²) in [7, 11) is 0. The maximum atomic E-state index is 10.2. The molecule has 0 aromatic carbocycles. The molecule has 3 saturated carbocycles. The predicted molar refractivity (Wildman–Crippen MR) is 123 cm³/mol. The fourth-order valence-corrected chi connectivity index (χ4v) is 7.59. The highest BCUT2D eigenvalue weighted by atomic mass is 16.3. The van der Waals surface area contributed by atoms with Crippen LogP contribution < -0.4 is 0 Å². The van der Waals surface area contributed by atoms with Crippen molar-refractivity contribution in [3.63, 3.8) is 0 Å². The minimum absolute atomic E-state index is 0.116. The van der Waals surface area contributed by atoms with E-state index in [4.69, 9.17) is 0 Å². The lowest BCUT2D eigenvalue weighted by atomic mass is 9.50. The molecule has 4 aliphatic rings.